The van der Waals surface area contributed by atoms with E-state index < -0.39 is 10.0 Å². The molecule has 1 radical (unpaired) electrons. The Morgan fingerprint density at radius 3 is 2.71 bits per heavy atom. The van der Waals surface area contributed by atoms with Crippen LogP contribution in [0.4, 0.5) is 21.5 Å². The number of fused-ring (bicyclic) bond motifs is 2. The number of benzene rings is 3. The van der Waals surface area contributed by atoms with Crippen LogP contribution in [0.15, 0.2) is 48.5 Å². The Kier molecular flexibility index (Phi) is 4.75. The van der Waals surface area contributed by atoms with Gasteiger partial charge < -0.3 is 0 Å². The van der Waals surface area contributed by atoms with E-state index in [9.17, 15) is 12.8 Å². The van der Waals surface area contributed by atoms with E-state index in [1.165, 1.54) is 16.6 Å². The molecule has 4 nitrogen and oxygen atoms in total. The molecule has 3 aromatic rings. The molecule has 28 heavy (non-hydrogen) atoms. The number of halogens is 1. The van der Waals surface area contributed by atoms with Gasteiger partial charge in [-0.3, -0.25) is 5.32 Å². The van der Waals surface area contributed by atoms with Gasteiger partial charge in [-0.1, -0.05) is 25.5 Å². The largest absolute Gasteiger partial charge is 0.285 e. The van der Waals surface area contributed by atoms with E-state index >= 15 is 0 Å². The van der Waals surface area contributed by atoms with Crippen LogP contribution in [0, 0.1) is 5.82 Å². The lowest BCUT2D eigenvalue weighted by Crippen LogP contribution is -2.25. The lowest BCUT2D eigenvalue weighted by Gasteiger charge is -2.25. The molecule has 1 aliphatic rings. The predicted octanol–water partition coefficient (Wildman–Crippen LogP) is 4.82. The van der Waals surface area contributed by atoms with Crippen LogP contribution in [0.5, 0.6) is 0 Å². The van der Waals surface area contributed by atoms with Gasteiger partial charge in [-0.25, -0.2) is 17.1 Å². The van der Waals surface area contributed by atoms with Gasteiger partial charge in [0.05, 0.1) is 23.3 Å². The topological polar surface area (TPSA) is 51.5 Å². The number of rotatable bonds is 5. The zero-order valence-electron chi connectivity index (χ0n) is 15.9. The van der Waals surface area contributed by atoms with Crippen LogP contribution in [0.1, 0.15) is 24.5 Å². The third-order valence-electron chi connectivity index (χ3n) is 5.06. The number of sulfonamides is 1. The number of anilines is 2. The summed E-state index contributed by atoms with van der Waals surface area (Å²) < 4.78 is 40.9. The molecule has 0 unspecified atom stereocenters. The number of aryl methyl sites for hydroxylation is 1. The molecule has 145 valence electrons. The highest BCUT2D eigenvalue weighted by molar-refractivity contribution is 7.92. The summed E-state index contributed by atoms with van der Waals surface area (Å²) in [5.74, 6) is -0.272. The minimum Gasteiger partial charge on any atom is -0.285 e. The molecule has 0 N–H and O–H groups in total. The molecular formula is C22H22FN2O2S. The summed E-state index contributed by atoms with van der Waals surface area (Å²) >= 11 is 0. The molecular weight excluding hydrogens is 375 g/mol. The molecule has 0 saturated carbocycles. The number of nitrogens with zero attached hydrogens (tertiary/aromatic N) is 2. The first kappa shape index (κ1) is 18.7. The minimum atomic E-state index is -3.58. The van der Waals surface area contributed by atoms with Crippen LogP contribution in [-0.2, 0) is 22.9 Å². The van der Waals surface area contributed by atoms with Crippen molar-refractivity contribution in [2.45, 2.75) is 26.2 Å². The Morgan fingerprint density at radius 1 is 1.14 bits per heavy atom. The van der Waals surface area contributed by atoms with E-state index in [0.717, 1.165) is 46.8 Å². The van der Waals surface area contributed by atoms with E-state index in [1.54, 1.807) is 18.2 Å². The molecule has 3 aromatic carbocycles. The van der Waals surface area contributed by atoms with Crippen molar-refractivity contribution in [1.29, 1.82) is 0 Å². The van der Waals surface area contributed by atoms with Gasteiger partial charge in [0.25, 0.3) is 0 Å². The predicted molar refractivity (Wildman–Crippen MR) is 112 cm³/mol. The maximum absolute atomic E-state index is 14.0. The van der Waals surface area contributed by atoms with Crippen LogP contribution in [0.3, 0.4) is 0 Å². The third kappa shape index (κ3) is 3.33. The fraction of sp³-hybridized carbons (Fsp3) is 0.273. The first-order valence-corrected chi connectivity index (χ1v) is 11.2. The minimum absolute atomic E-state index is 0.272. The van der Waals surface area contributed by atoms with Crippen LogP contribution in [-0.4, -0.2) is 21.2 Å². The van der Waals surface area contributed by atoms with Crippen molar-refractivity contribution in [3.63, 3.8) is 0 Å². The molecule has 0 fully saturated rings. The lowest BCUT2D eigenvalue weighted by atomic mass is 10.00. The van der Waals surface area contributed by atoms with E-state index in [0.29, 0.717) is 17.9 Å². The van der Waals surface area contributed by atoms with Gasteiger partial charge in [-0.05, 0) is 65.6 Å². The first-order chi connectivity index (χ1) is 13.4. The van der Waals surface area contributed by atoms with Crippen molar-refractivity contribution in [2.24, 2.45) is 0 Å². The maximum atomic E-state index is 14.0. The Hall–Kier alpha value is -2.60. The normalized spacial score (nSPS) is 13.4. The fourth-order valence-corrected chi connectivity index (χ4v) is 4.96. The molecule has 0 atom stereocenters. The van der Waals surface area contributed by atoms with E-state index in [-0.39, 0.29) is 5.82 Å². The summed E-state index contributed by atoms with van der Waals surface area (Å²) in [6.45, 7) is 2.71. The van der Waals surface area contributed by atoms with E-state index in [4.69, 9.17) is 0 Å². The Balaban J connectivity index is 1.94. The van der Waals surface area contributed by atoms with Gasteiger partial charge in [0, 0.05) is 12.1 Å². The molecule has 6 heteroatoms. The summed E-state index contributed by atoms with van der Waals surface area (Å²) in [7, 11) is -3.58. The highest BCUT2D eigenvalue weighted by Gasteiger charge is 2.26. The van der Waals surface area contributed by atoms with E-state index in [2.05, 4.69) is 5.32 Å². The second-order valence-electron chi connectivity index (χ2n) is 7.15. The van der Waals surface area contributed by atoms with Crippen LogP contribution in [0.25, 0.3) is 10.8 Å². The van der Waals surface area contributed by atoms with Crippen LogP contribution >= 0.6 is 0 Å². The van der Waals surface area contributed by atoms with Crippen molar-refractivity contribution in [3.8, 4) is 0 Å². The molecule has 1 heterocycles. The Bertz CT molecular complexity index is 1160. The second kappa shape index (κ2) is 7.09. The quantitative estimate of drug-likeness (QED) is 0.620. The van der Waals surface area contributed by atoms with E-state index in [1.807, 2.05) is 31.2 Å². The average Bonchev–Trinajstić information content (AvgIpc) is 3.11. The van der Waals surface area contributed by atoms with Crippen molar-refractivity contribution in [1.82, 2.24) is 5.32 Å². The summed E-state index contributed by atoms with van der Waals surface area (Å²) in [5.41, 5.74) is 3.88. The monoisotopic (exact) mass is 397 g/mol. The molecule has 1 aliphatic heterocycles. The third-order valence-corrected chi connectivity index (χ3v) is 6.13. The number of hydrogen-bond donors (Lipinski definition) is 0. The summed E-state index contributed by atoms with van der Waals surface area (Å²) in [6.07, 6.45) is 3.54. The van der Waals surface area contributed by atoms with Gasteiger partial charge in [0.15, 0.2) is 0 Å². The standard InChI is InChI=1S/C22H22FN2O2S/c1-3-5-15-12-17(23)13-16-8-9-18(14-20(15)16)25(28(2,26)27)22-7-4-6-21-19(22)10-11-24-21/h4,6-9,12-14H,3,5,10-11H2,1-2H3. The molecule has 0 amide bonds. The Morgan fingerprint density at radius 2 is 1.96 bits per heavy atom. The zero-order chi connectivity index (χ0) is 19.9. The molecule has 0 aliphatic carbocycles. The van der Waals surface area contributed by atoms with Crippen LogP contribution in [0.2, 0.25) is 0 Å². The second-order valence-corrected chi connectivity index (χ2v) is 8.99. The smallest absolute Gasteiger partial charge is 0.236 e. The summed E-state index contributed by atoms with van der Waals surface area (Å²) in [6, 6.07) is 14.0. The Labute approximate surface area is 165 Å². The maximum Gasteiger partial charge on any atom is 0.236 e. The van der Waals surface area contributed by atoms with Crippen LogP contribution < -0.4 is 9.62 Å². The number of hydrogen-bond acceptors (Lipinski definition) is 2. The first-order valence-electron chi connectivity index (χ1n) is 9.40. The van der Waals surface area contributed by atoms with Gasteiger partial charge in [0.2, 0.25) is 10.0 Å². The zero-order valence-corrected chi connectivity index (χ0v) is 16.8. The molecule has 0 saturated heterocycles. The average molecular weight is 397 g/mol. The molecule has 0 aromatic heterocycles. The molecule has 0 bridgehead atoms. The molecule has 4 rings (SSSR count). The summed E-state index contributed by atoms with van der Waals surface area (Å²) in [4.78, 5) is 0. The van der Waals surface area contributed by atoms with Gasteiger partial charge in [0.1, 0.15) is 5.82 Å². The highest BCUT2D eigenvalue weighted by Crippen LogP contribution is 2.38. The van der Waals surface area contributed by atoms with Gasteiger partial charge in [-0.15, -0.1) is 0 Å². The summed E-state index contributed by atoms with van der Waals surface area (Å²) in [5, 5.41) is 6.11. The highest BCUT2D eigenvalue weighted by atomic mass is 32.2. The van der Waals surface area contributed by atoms with Crippen molar-refractivity contribution in [2.75, 3.05) is 17.1 Å². The van der Waals surface area contributed by atoms with Crippen molar-refractivity contribution in [3.05, 3.63) is 65.5 Å². The van der Waals surface area contributed by atoms with Gasteiger partial charge in [-0.2, -0.15) is 0 Å². The fourth-order valence-electron chi connectivity index (χ4n) is 3.94. The van der Waals surface area contributed by atoms with Crippen molar-refractivity contribution >= 4 is 37.9 Å². The lowest BCUT2D eigenvalue weighted by molar-refractivity contribution is 0.602. The SMILES string of the molecule is CCCc1cc(F)cc2ccc(N(c3cccc4c3CC[N]4)S(C)(=O)=O)cc12. The van der Waals surface area contributed by atoms with Gasteiger partial charge >= 0.3 is 0 Å². The van der Waals surface area contributed by atoms with Crippen molar-refractivity contribution < 1.29 is 12.8 Å². The molecule has 0 spiro atoms.